The number of hydrogen-bond donors (Lipinski definition) is 3. The maximum atomic E-state index is 13.1. The molecule has 0 aliphatic carbocycles. The number of aliphatic carboxylic acids is 2. The van der Waals surface area contributed by atoms with E-state index >= 15 is 0 Å². The number of carbonyl (C=O) groups excluding carboxylic acids is 2. The number of halogens is 9. The summed E-state index contributed by atoms with van der Waals surface area (Å²) in [5.74, 6) is -7.61. The van der Waals surface area contributed by atoms with Crippen LogP contribution in [0.2, 0.25) is 0 Å². The molecular weight excluding hydrogens is 653 g/mol. The number of thiophene rings is 1. The Kier molecular flexibility index (Phi) is 10.6. The van der Waals surface area contributed by atoms with Crippen LogP contribution in [0, 0.1) is 5.92 Å². The van der Waals surface area contributed by atoms with E-state index in [1.54, 1.807) is 0 Å². The highest BCUT2D eigenvalue weighted by atomic mass is 32.1. The summed E-state index contributed by atoms with van der Waals surface area (Å²) in [7, 11) is 0. The maximum absolute atomic E-state index is 13.1. The van der Waals surface area contributed by atoms with Crippen LogP contribution in [0.1, 0.15) is 24.9 Å². The van der Waals surface area contributed by atoms with Gasteiger partial charge in [0.1, 0.15) is 0 Å². The largest absolute Gasteiger partial charge is 0.490 e. The van der Waals surface area contributed by atoms with Crippen LogP contribution in [0.15, 0.2) is 42.5 Å². The zero-order valence-corrected chi connectivity index (χ0v) is 23.5. The smallest absolute Gasteiger partial charge is 0.475 e. The number of Topliss-reactive ketones (excluding diaryl/α,β-unsaturated/α-hetero) is 1. The minimum atomic E-state index is -5.08. The van der Waals surface area contributed by atoms with Crippen molar-refractivity contribution >= 4 is 35.0 Å². The van der Waals surface area contributed by atoms with Gasteiger partial charge in [0.25, 0.3) is 11.7 Å². The Morgan fingerprint density at radius 1 is 0.733 bits per heavy atom. The molecule has 4 fully saturated rings. The van der Waals surface area contributed by atoms with Gasteiger partial charge < -0.3 is 25.3 Å². The normalized spacial score (nSPS) is 25.5. The standard InChI is InChI=1S/C22H22F3N3O2S.2C2HF3O2/c23-22(24,25)19(29)16-6-7-17(31-16)20(30)26-18-14-10-27-8-9-28(11-14)13-21(18,12-27)15-4-2-1-3-5-15;2*3-2(4,5)1(6)7/h1-7,14,18H,8-13H2,(H,26,30);2*(H,6,7). The molecule has 248 valence electrons. The highest BCUT2D eigenvalue weighted by Crippen LogP contribution is 2.43. The summed E-state index contributed by atoms with van der Waals surface area (Å²) in [6.07, 6.45) is -15.1. The minimum Gasteiger partial charge on any atom is -0.475 e. The van der Waals surface area contributed by atoms with Crippen LogP contribution in [0.5, 0.6) is 0 Å². The summed E-state index contributed by atoms with van der Waals surface area (Å²) < 4.78 is 102. The Morgan fingerprint density at radius 3 is 1.60 bits per heavy atom. The van der Waals surface area contributed by atoms with E-state index in [1.165, 1.54) is 11.6 Å². The van der Waals surface area contributed by atoms with E-state index in [0.717, 1.165) is 45.3 Å². The lowest BCUT2D eigenvalue weighted by Gasteiger charge is -2.55. The average Bonchev–Trinajstić information content (AvgIpc) is 3.29. The van der Waals surface area contributed by atoms with Crippen molar-refractivity contribution in [2.75, 3.05) is 39.3 Å². The van der Waals surface area contributed by atoms with E-state index in [0.29, 0.717) is 11.3 Å². The summed E-state index contributed by atoms with van der Waals surface area (Å²) in [6.45, 7) is 5.43. The third-order valence-corrected chi connectivity index (χ3v) is 8.31. The van der Waals surface area contributed by atoms with E-state index in [9.17, 15) is 49.1 Å². The Morgan fingerprint density at radius 2 is 1.18 bits per heavy atom. The third-order valence-electron chi connectivity index (χ3n) is 7.23. The first kappa shape index (κ1) is 35.8. The van der Waals surface area contributed by atoms with Crippen LogP contribution in [0.25, 0.3) is 0 Å². The number of hydrogen-bond acceptors (Lipinski definition) is 7. The molecule has 0 radical (unpaired) electrons. The van der Waals surface area contributed by atoms with Crippen molar-refractivity contribution in [3.63, 3.8) is 0 Å². The van der Waals surface area contributed by atoms with Crippen molar-refractivity contribution in [1.29, 1.82) is 0 Å². The molecule has 2 aromatic rings. The van der Waals surface area contributed by atoms with E-state index < -0.39 is 47.0 Å². The Hall–Kier alpha value is -3.71. The summed E-state index contributed by atoms with van der Waals surface area (Å²) in [5.41, 5.74) is 0.886. The van der Waals surface area contributed by atoms with Crippen LogP contribution < -0.4 is 5.32 Å². The Bertz CT molecular complexity index is 1350. The summed E-state index contributed by atoms with van der Waals surface area (Å²) in [5, 5.41) is 17.4. The highest BCUT2D eigenvalue weighted by Gasteiger charge is 2.55. The molecule has 4 aliphatic heterocycles. The molecule has 6 rings (SSSR count). The molecule has 9 nitrogen and oxygen atoms in total. The first-order valence-electron chi connectivity index (χ1n) is 12.8. The van der Waals surface area contributed by atoms with Crippen LogP contribution >= 0.6 is 11.3 Å². The molecule has 1 aromatic carbocycles. The van der Waals surface area contributed by atoms with Gasteiger partial charge in [-0.25, -0.2) is 9.59 Å². The van der Waals surface area contributed by atoms with Crippen molar-refractivity contribution in [2.45, 2.75) is 30.0 Å². The van der Waals surface area contributed by atoms with E-state index in [2.05, 4.69) is 27.2 Å². The van der Waals surface area contributed by atoms with Crippen molar-refractivity contribution in [1.82, 2.24) is 15.1 Å². The molecule has 3 unspecified atom stereocenters. The van der Waals surface area contributed by atoms with Crippen LogP contribution in [-0.2, 0) is 15.0 Å². The third kappa shape index (κ3) is 8.72. The molecule has 1 aromatic heterocycles. The monoisotopic (exact) mass is 677 g/mol. The van der Waals surface area contributed by atoms with Gasteiger partial charge in [0, 0.05) is 56.6 Å². The lowest BCUT2D eigenvalue weighted by atomic mass is 9.64. The second-order valence-electron chi connectivity index (χ2n) is 10.3. The number of nitrogens with zero attached hydrogens (tertiary/aromatic N) is 2. The van der Waals surface area contributed by atoms with E-state index in [4.69, 9.17) is 19.8 Å². The van der Waals surface area contributed by atoms with Crippen LogP contribution in [0.3, 0.4) is 0 Å². The minimum absolute atomic E-state index is 0.128. The number of carboxylic acids is 2. The highest BCUT2D eigenvalue weighted by molar-refractivity contribution is 7.16. The number of carbonyl (C=O) groups is 4. The van der Waals surface area contributed by atoms with Gasteiger partial charge in [-0.2, -0.15) is 39.5 Å². The summed E-state index contributed by atoms with van der Waals surface area (Å²) >= 11 is 0.598. The molecule has 0 spiro atoms. The van der Waals surface area contributed by atoms with Crippen molar-refractivity contribution in [3.05, 3.63) is 57.8 Å². The fourth-order valence-electron chi connectivity index (χ4n) is 5.50. The molecule has 1 amide bonds. The van der Waals surface area contributed by atoms with Gasteiger partial charge in [-0.05, 0) is 17.7 Å². The van der Waals surface area contributed by atoms with Gasteiger partial charge in [0.15, 0.2) is 0 Å². The Balaban J connectivity index is 0.000000331. The predicted molar refractivity (Wildman–Crippen MR) is 138 cm³/mol. The van der Waals surface area contributed by atoms with Gasteiger partial charge in [-0.3, -0.25) is 9.59 Å². The molecule has 5 heterocycles. The topological polar surface area (TPSA) is 127 Å². The van der Waals surface area contributed by atoms with Crippen molar-refractivity contribution < 1.29 is 68.9 Å². The zero-order valence-electron chi connectivity index (χ0n) is 22.7. The fraction of sp³-hybridized carbons (Fsp3) is 0.462. The number of ketones is 1. The first-order chi connectivity index (χ1) is 20.6. The number of carboxylic acid groups (broad SMARTS) is 2. The fourth-order valence-corrected chi connectivity index (χ4v) is 6.37. The number of amides is 1. The maximum Gasteiger partial charge on any atom is 0.490 e. The molecule has 45 heavy (non-hydrogen) atoms. The SMILES string of the molecule is O=C(NC1C2CN3CCN(C2)CC1(c1ccccc1)C3)c1ccc(C(=O)C(F)(F)F)s1.O=C(O)C(F)(F)F.O=C(O)C(F)(F)F. The van der Waals surface area contributed by atoms with Crippen molar-refractivity contribution in [3.8, 4) is 0 Å². The summed E-state index contributed by atoms with van der Waals surface area (Å²) in [6, 6.07) is 12.4. The molecule has 0 saturated carbocycles. The second kappa shape index (κ2) is 13.3. The molecule has 4 saturated heterocycles. The molecule has 4 bridgehead atoms. The Labute approximate surface area is 252 Å². The van der Waals surface area contributed by atoms with Gasteiger partial charge in [-0.1, -0.05) is 30.3 Å². The molecular formula is C26H24F9N3O6S. The van der Waals surface area contributed by atoms with E-state index in [-0.39, 0.29) is 22.3 Å². The second-order valence-corrected chi connectivity index (χ2v) is 11.4. The summed E-state index contributed by atoms with van der Waals surface area (Å²) in [4.78, 5) is 46.9. The number of alkyl halides is 9. The van der Waals surface area contributed by atoms with E-state index in [1.807, 2.05) is 18.2 Å². The molecule has 3 atom stereocenters. The van der Waals surface area contributed by atoms with Crippen LogP contribution in [0.4, 0.5) is 39.5 Å². The van der Waals surface area contributed by atoms with Gasteiger partial charge in [-0.15, -0.1) is 11.3 Å². The molecule has 4 aliphatic rings. The lowest BCUT2D eigenvalue weighted by molar-refractivity contribution is -0.193. The number of piperidine rings is 2. The van der Waals surface area contributed by atoms with Gasteiger partial charge in [0.05, 0.1) is 9.75 Å². The quantitative estimate of drug-likeness (QED) is 0.327. The zero-order chi connectivity index (χ0) is 34.0. The van der Waals surface area contributed by atoms with Gasteiger partial charge in [0.2, 0.25) is 0 Å². The van der Waals surface area contributed by atoms with Crippen molar-refractivity contribution in [2.24, 2.45) is 5.92 Å². The first-order valence-corrected chi connectivity index (χ1v) is 13.6. The predicted octanol–water partition coefficient (Wildman–Crippen LogP) is 4.06. The number of nitrogens with one attached hydrogen (secondary N) is 1. The number of benzene rings is 1. The number of rotatable bonds is 4. The molecule has 3 N–H and O–H groups in total. The average molecular weight is 678 g/mol. The molecule has 19 heteroatoms. The van der Waals surface area contributed by atoms with Gasteiger partial charge >= 0.3 is 30.5 Å². The lowest BCUT2D eigenvalue weighted by Crippen LogP contribution is -2.70. The number of fused-ring (bicyclic) bond motifs is 1. The van der Waals surface area contributed by atoms with Crippen LogP contribution in [-0.4, -0.2) is 107 Å².